The highest BCUT2D eigenvalue weighted by molar-refractivity contribution is 5.32. The molecular formula is C9H10N. The van der Waals surface area contributed by atoms with Crippen molar-refractivity contribution in [2.24, 2.45) is 0 Å². The number of hydrogen-bond donors (Lipinski definition) is 0. The Labute approximate surface area is 61.1 Å². The highest BCUT2D eigenvalue weighted by Gasteiger charge is 2.25. The fraction of sp³-hybridized carbons (Fsp3) is 0.333. The fourth-order valence-corrected chi connectivity index (χ4v) is 0.996. The predicted molar refractivity (Wildman–Crippen MR) is 40.6 cm³/mol. The van der Waals surface area contributed by atoms with Gasteiger partial charge in [-0.2, -0.15) is 0 Å². The molecule has 0 atom stereocenters. The van der Waals surface area contributed by atoms with E-state index < -0.39 is 0 Å². The number of pyridine rings is 1. The lowest BCUT2D eigenvalue weighted by Gasteiger charge is -1.94. The van der Waals surface area contributed by atoms with Crippen molar-refractivity contribution in [2.75, 3.05) is 0 Å². The van der Waals surface area contributed by atoms with Crippen LogP contribution in [0.25, 0.3) is 0 Å². The van der Waals surface area contributed by atoms with Crippen molar-refractivity contribution in [3.63, 3.8) is 0 Å². The molecule has 2 rings (SSSR count). The molecule has 0 unspecified atom stereocenters. The minimum atomic E-state index is 1.20. The first kappa shape index (κ1) is 5.90. The second kappa shape index (κ2) is 2.08. The van der Waals surface area contributed by atoms with Crippen molar-refractivity contribution in [2.45, 2.75) is 19.8 Å². The van der Waals surface area contributed by atoms with Crippen LogP contribution in [0.5, 0.6) is 0 Å². The summed E-state index contributed by atoms with van der Waals surface area (Å²) in [6.07, 6.45) is 4.45. The molecule has 1 heteroatoms. The lowest BCUT2D eigenvalue weighted by atomic mass is 10.2. The van der Waals surface area contributed by atoms with E-state index in [-0.39, 0.29) is 0 Å². The molecule has 0 aromatic carbocycles. The zero-order valence-corrected chi connectivity index (χ0v) is 6.09. The number of aromatic nitrogens is 1. The van der Waals surface area contributed by atoms with Gasteiger partial charge in [0.2, 0.25) is 0 Å². The summed E-state index contributed by atoms with van der Waals surface area (Å²) < 4.78 is 0. The minimum absolute atomic E-state index is 1.20. The van der Waals surface area contributed by atoms with Gasteiger partial charge in [0.15, 0.2) is 0 Å². The van der Waals surface area contributed by atoms with Gasteiger partial charge < -0.3 is 0 Å². The van der Waals surface area contributed by atoms with Gasteiger partial charge in [-0.05, 0) is 31.4 Å². The summed E-state index contributed by atoms with van der Waals surface area (Å²) in [6, 6.07) is 4.23. The number of rotatable bonds is 1. The van der Waals surface area contributed by atoms with E-state index in [1.807, 2.05) is 6.20 Å². The quantitative estimate of drug-likeness (QED) is 0.570. The van der Waals surface area contributed by atoms with Gasteiger partial charge in [-0.3, -0.25) is 4.98 Å². The minimum Gasteiger partial charge on any atom is -0.260 e. The molecule has 51 valence electrons. The van der Waals surface area contributed by atoms with Crippen LogP contribution in [-0.4, -0.2) is 4.98 Å². The van der Waals surface area contributed by atoms with Gasteiger partial charge in [-0.15, -0.1) is 0 Å². The molecule has 0 saturated heterocycles. The molecule has 0 aliphatic heterocycles. The Hall–Kier alpha value is -0.850. The van der Waals surface area contributed by atoms with Crippen LogP contribution >= 0.6 is 0 Å². The third kappa shape index (κ3) is 1.04. The average Bonchev–Trinajstić information content (AvgIpc) is 2.71. The maximum Gasteiger partial charge on any atom is 0.0475 e. The molecule has 1 heterocycles. The molecule has 10 heavy (non-hydrogen) atoms. The van der Waals surface area contributed by atoms with Crippen LogP contribution < -0.4 is 0 Å². The largest absolute Gasteiger partial charge is 0.260 e. The monoisotopic (exact) mass is 132 g/mol. The van der Waals surface area contributed by atoms with Crippen LogP contribution in [0.15, 0.2) is 18.3 Å². The van der Waals surface area contributed by atoms with E-state index in [4.69, 9.17) is 0 Å². The standard InChI is InChI=1S/C9H10N/c1-7-2-5-9(10-6-7)8-3-4-8/h2,5-6H,3-4H2,1H3. The van der Waals surface area contributed by atoms with Gasteiger partial charge in [0, 0.05) is 17.8 Å². The van der Waals surface area contributed by atoms with Crippen LogP contribution in [0.2, 0.25) is 0 Å². The topological polar surface area (TPSA) is 12.9 Å². The van der Waals surface area contributed by atoms with Crippen LogP contribution in [0, 0.1) is 12.8 Å². The van der Waals surface area contributed by atoms with Crippen LogP contribution in [0.3, 0.4) is 0 Å². The molecule has 1 aliphatic carbocycles. The molecule has 1 saturated carbocycles. The Morgan fingerprint density at radius 2 is 2.10 bits per heavy atom. The Kier molecular flexibility index (Phi) is 1.23. The van der Waals surface area contributed by atoms with E-state index in [1.54, 1.807) is 0 Å². The molecule has 0 spiro atoms. The third-order valence-corrected chi connectivity index (χ3v) is 1.77. The molecule has 1 aliphatic rings. The van der Waals surface area contributed by atoms with Crippen molar-refractivity contribution >= 4 is 0 Å². The summed E-state index contributed by atoms with van der Waals surface area (Å²) in [5.74, 6) is 1.51. The van der Waals surface area contributed by atoms with Gasteiger partial charge in [0.1, 0.15) is 0 Å². The molecule has 0 amide bonds. The van der Waals surface area contributed by atoms with Crippen molar-refractivity contribution < 1.29 is 0 Å². The number of hydrogen-bond acceptors (Lipinski definition) is 1. The SMILES string of the molecule is Cc1ccc([C]2CC2)nc1. The van der Waals surface area contributed by atoms with Crippen LogP contribution in [0.1, 0.15) is 24.1 Å². The Morgan fingerprint density at radius 3 is 2.60 bits per heavy atom. The maximum atomic E-state index is 4.30. The smallest absolute Gasteiger partial charge is 0.0475 e. The lowest BCUT2D eigenvalue weighted by molar-refractivity contribution is 1.16. The van der Waals surface area contributed by atoms with Crippen LogP contribution in [-0.2, 0) is 0 Å². The third-order valence-electron chi connectivity index (χ3n) is 1.77. The van der Waals surface area contributed by atoms with Crippen molar-refractivity contribution in [1.82, 2.24) is 4.98 Å². The van der Waals surface area contributed by atoms with Gasteiger partial charge in [-0.1, -0.05) is 6.07 Å². The zero-order chi connectivity index (χ0) is 6.97. The first-order valence-electron chi connectivity index (χ1n) is 3.64. The Bertz CT molecular complexity index is 221. The highest BCUT2D eigenvalue weighted by Crippen LogP contribution is 2.37. The van der Waals surface area contributed by atoms with E-state index in [9.17, 15) is 0 Å². The number of aryl methyl sites for hydroxylation is 1. The van der Waals surface area contributed by atoms with Gasteiger partial charge in [0.25, 0.3) is 0 Å². The fourth-order valence-electron chi connectivity index (χ4n) is 0.996. The van der Waals surface area contributed by atoms with Crippen molar-refractivity contribution in [3.8, 4) is 0 Å². The first-order chi connectivity index (χ1) is 4.86. The molecule has 1 radical (unpaired) electrons. The summed E-state index contributed by atoms with van der Waals surface area (Å²) in [6.45, 7) is 2.06. The second-order valence-electron chi connectivity index (χ2n) is 2.82. The Balaban J connectivity index is 2.28. The maximum absolute atomic E-state index is 4.30. The zero-order valence-electron chi connectivity index (χ0n) is 6.09. The average molecular weight is 132 g/mol. The molecular weight excluding hydrogens is 122 g/mol. The van der Waals surface area contributed by atoms with E-state index in [2.05, 4.69) is 24.0 Å². The summed E-state index contributed by atoms with van der Waals surface area (Å²) in [7, 11) is 0. The number of nitrogens with zero attached hydrogens (tertiary/aromatic N) is 1. The van der Waals surface area contributed by atoms with Gasteiger partial charge in [-0.25, -0.2) is 0 Å². The molecule has 0 bridgehead atoms. The van der Waals surface area contributed by atoms with E-state index in [0.717, 1.165) is 0 Å². The van der Waals surface area contributed by atoms with E-state index in [1.165, 1.54) is 30.0 Å². The Morgan fingerprint density at radius 1 is 1.30 bits per heavy atom. The van der Waals surface area contributed by atoms with E-state index >= 15 is 0 Å². The van der Waals surface area contributed by atoms with Crippen molar-refractivity contribution in [1.29, 1.82) is 0 Å². The van der Waals surface area contributed by atoms with Gasteiger partial charge in [0.05, 0.1) is 0 Å². The lowest BCUT2D eigenvalue weighted by Crippen LogP contribution is -1.85. The molecule has 1 fully saturated rings. The predicted octanol–water partition coefficient (Wildman–Crippen LogP) is 2.11. The molecule has 1 nitrogen and oxygen atoms in total. The summed E-state index contributed by atoms with van der Waals surface area (Å²) >= 11 is 0. The second-order valence-corrected chi connectivity index (χ2v) is 2.82. The summed E-state index contributed by atoms with van der Waals surface area (Å²) in [5.41, 5.74) is 2.44. The van der Waals surface area contributed by atoms with Crippen LogP contribution in [0.4, 0.5) is 0 Å². The molecule has 0 N–H and O–H groups in total. The molecule has 1 aromatic heterocycles. The van der Waals surface area contributed by atoms with E-state index in [0.29, 0.717) is 0 Å². The van der Waals surface area contributed by atoms with Crippen molar-refractivity contribution in [3.05, 3.63) is 35.5 Å². The first-order valence-corrected chi connectivity index (χ1v) is 3.64. The summed E-state index contributed by atoms with van der Waals surface area (Å²) in [4.78, 5) is 4.30. The highest BCUT2D eigenvalue weighted by atomic mass is 14.7. The summed E-state index contributed by atoms with van der Waals surface area (Å²) in [5, 5.41) is 0. The van der Waals surface area contributed by atoms with Gasteiger partial charge >= 0.3 is 0 Å². The normalized spacial score (nSPS) is 17.3. The molecule has 1 aromatic rings.